The second kappa shape index (κ2) is 7.08. The highest BCUT2D eigenvalue weighted by Gasteiger charge is 2.32. The number of amides is 2. The number of fused-ring (bicyclic) bond motifs is 2. The van der Waals surface area contributed by atoms with Crippen molar-refractivity contribution >= 4 is 28.2 Å². The number of nitrogens with one attached hydrogen (secondary N) is 1. The van der Waals surface area contributed by atoms with Gasteiger partial charge in [0.25, 0.3) is 5.91 Å². The molecule has 1 saturated heterocycles. The molecule has 5 nitrogen and oxygen atoms in total. The number of thiophene rings is 1. The first-order valence-electron chi connectivity index (χ1n) is 9.58. The van der Waals surface area contributed by atoms with E-state index in [9.17, 15) is 9.59 Å². The van der Waals surface area contributed by atoms with Crippen LogP contribution in [0.2, 0.25) is 0 Å². The van der Waals surface area contributed by atoms with Crippen molar-refractivity contribution in [2.75, 3.05) is 25.0 Å². The fraction of sp³-hybridized carbons (Fsp3) is 0.684. The summed E-state index contributed by atoms with van der Waals surface area (Å²) >= 11 is 1.53. The molecule has 2 aliphatic carbocycles. The molecule has 4 rings (SSSR count). The van der Waals surface area contributed by atoms with Crippen LogP contribution in [0, 0.1) is 11.8 Å². The Bertz CT molecular complexity index is 684. The first-order valence-corrected chi connectivity index (χ1v) is 10.4. The zero-order valence-corrected chi connectivity index (χ0v) is 15.5. The van der Waals surface area contributed by atoms with E-state index in [1.165, 1.54) is 48.3 Å². The fourth-order valence-electron chi connectivity index (χ4n) is 4.94. The van der Waals surface area contributed by atoms with E-state index in [1.807, 2.05) is 0 Å². The van der Waals surface area contributed by atoms with Gasteiger partial charge in [0.05, 0.1) is 12.1 Å². The minimum Gasteiger partial charge on any atom is -0.365 e. The number of piperidine rings is 1. The van der Waals surface area contributed by atoms with Crippen LogP contribution < -0.4 is 11.1 Å². The Labute approximate surface area is 153 Å². The molecular formula is C19H27N3O2S. The van der Waals surface area contributed by atoms with Crippen molar-refractivity contribution in [3.63, 3.8) is 0 Å². The highest BCUT2D eigenvalue weighted by Crippen LogP contribution is 2.39. The average Bonchev–Trinajstić information content (AvgIpc) is 3.14. The lowest BCUT2D eigenvalue weighted by Crippen LogP contribution is -2.44. The van der Waals surface area contributed by atoms with Crippen molar-refractivity contribution in [3.8, 4) is 0 Å². The van der Waals surface area contributed by atoms with Crippen molar-refractivity contribution < 1.29 is 9.59 Å². The van der Waals surface area contributed by atoms with Crippen LogP contribution in [-0.4, -0.2) is 36.3 Å². The molecule has 0 spiro atoms. The van der Waals surface area contributed by atoms with Gasteiger partial charge in [0.2, 0.25) is 5.91 Å². The van der Waals surface area contributed by atoms with E-state index < -0.39 is 5.91 Å². The smallest absolute Gasteiger partial charge is 0.251 e. The lowest BCUT2D eigenvalue weighted by Gasteiger charge is -2.41. The van der Waals surface area contributed by atoms with E-state index in [2.05, 4.69) is 10.2 Å². The van der Waals surface area contributed by atoms with Gasteiger partial charge < -0.3 is 11.1 Å². The highest BCUT2D eigenvalue weighted by molar-refractivity contribution is 7.17. The third kappa shape index (κ3) is 3.47. The number of nitrogens with two attached hydrogens (primary N) is 1. The number of carbonyl (C=O) groups is 2. The molecule has 2 unspecified atom stereocenters. The molecule has 6 heteroatoms. The van der Waals surface area contributed by atoms with E-state index in [1.54, 1.807) is 0 Å². The van der Waals surface area contributed by atoms with Gasteiger partial charge in [-0.2, -0.15) is 0 Å². The molecule has 1 aliphatic heterocycles. The molecule has 3 aliphatic rings. The molecule has 0 bridgehead atoms. The van der Waals surface area contributed by atoms with Gasteiger partial charge in [-0.15, -0.1) is 11.3 Å². The Hall–Kier alpha value is -1.40. The van der Waals surface area contributed by atoms with Gasteiger partial charge in [0.15, 0.2) is 0 Å². The van der Waals surface area contributed by atoms with Gasteiger partial charge >= 0.3 is 0 Å². The molecule has 2 fully saturated rings. The number of hydrogen-bond donors (Lipinski definition) is 2. The van der Waals surface area contributed by atoms with E-state index in [-0.39, 0.29) is 5.91 Å². The van der Waals surface area contributed by atoms with Crippen molar-refractivity contribution in [1.29, 1.82) is 0 Å². The predicted octanol–water partition coefficient (Wildman–Crippen LogP) is 2.79. The van der Waals surface area contributed by atoms with E-state index in [0.717, 1.165) is 49.8 Å². The predicted molar refractivity (Wildman–Crippen MR) is 100.0 cm³/mol. The molecule has 1 aromatic heterocycles. The topological polar surface area (TPSA) is 75.4 Å². The van der Waals surface area contributed by atoms with Gasteiger partial charge in [-0.25, -0.2) is 0 Å². The van der Waals surface area contributed by atoms with Crippen molar-refractivity contribution in [2.24, 2.45) is 17.6 Å². The van der Waals surface area contributed by atoms with Crippen LogP contribution in [0.15, 0.2) is 0 Å². The summed E-state index contributed by atoms with van der Waals surface area (Å²) in [6, 6.07) is 0. The van der Waals surface area contributed by atoms with Crippen LogP contribution in [0.5, 0.6) is 0 Å². The SMILES string of the molecule is NC(=O)c1c(NC(=O)CN2CCC3CCCCC3C2)sc2c1CCC2. The molecule has 25 heavy (non-hydrogen) atoms. The van der Waals surface area contributed by atoms with Gasteiger partial charge in [-0.1, -0.05) is 19.3 Å². The zero-order chi connectivity index (χ0) is 17.4. The standard InChI is InChI=1S/C19H27N3O2S/c20-18(24)17-14-6-3-7-15(14)25-19(17)21-16(23)11-22-9-8-12-4-1-2-5-13(12)10-22/h12-13H,1-11H2,(H2,20,24)(H,21,23). The molecular weight excluding hydrogens is 334 g/mol. The summed E-state index contributed by atoms with van der Waals surface area (Å²) in [5.74, 6) is 1.20. The number of hydrogen-bond acceptors (Lipinski definition) is 4. The van der Waals surface area contributed by atoms with E-state index >= 15 is 0 Å². The fourth-order valence-corrected chi connectivity index (χ4v) is 6.25. The largest absolute Gasteiger partial charge is 0.365 e. The number of rotatable bonds is 4. The molecule has 0 radical (unpaired) electrons. The first-order chi connectivity index (χ1) is 12.1. The van der Waals surface area contributed by atoms with Crippen molar-refractivity contribution in [3.05, 3.63) is 16.0 Å². The molecule has 2 amide bonds. The molecule has 3 N–H and O–H groups in total. The summed E-state index contributed by atoms with van der Waals surface area (Å²) in [5, 5.41) is 3.64. The third-order valence-corrected chi connectivity index (χ3v) is 7.37. The summed E-state index contributed by atoms with van der Waals surface area (Å²) in [4.78, 5) is 27.9. The summed E-state index contributed by atoms with van der Waals surface area (Å²) in [6.45, 7) is 2.48. The van der Waals surface area contributed by atoms with Gasteiger partial charge in [0, 0.05) is 11.4 Å². The second-order valence-electron chi connectivity index (χ2n) is 7.80. The number of nitrogens with zero attached hydrogens (tertiary/aromatic N) is 1. The van der Waals surface area contributed by atoms with E-state index in [0.29, 0.717) is 17.1 Å². The zero-order valence-electron chi connectivity index (χ0n) is 14.7. The van der Waals surface area contributed by atoms with Crippen LogP contribution >= 0.6 is 11.3 Å². The Balaban J connectivity index is 1.39. The first kappa shape index (κ1) is 17.0. The quantitative estimate of drug-likeness (QED) is 0.866. The Morgan fingerprint density at radius 3 is 2.72 bits per heavy atom. The van der Waals surface area contributed by atoms with E-state index in [4.69, 9.17) is 5.73 Å². The molecule has 2 heterocycles. The van der Waals surface area contributed by atoms with Crippen LogP contribution in [0.1, 0.15) is 59.3 Å². The maximum atomic E-state index is 12.5. The maximum absolute atomic E-state index is 12.5. The monoisotopic (exact) mass is 361 g/mol. The molecule has 136 valence electrons. The van der Waals surface area contributed by atoms with Gasteiger partial charge in [-0.3, -0.25) is 14.5 Å². The molecule has 1 aromatic rings. The number of aryl methyl sites for hydroxylation is 1. The van der Waals surface area contributed by atoms with Crippen molar-refractivity contribution in [2.45, 2.75) is 51.4 Å². The summed E-state index contributed by atoms with van der Waals surface area (Å²) in [7, 11) is 0. The molecule has 0 aromatic carbocycles. The lowest BCUT2D eigenvalue weighted by atomic mass is 9.75. The van der Waals surface area contributed by atoms with Gasteiger partial charge in [0.1, 0.15) is 5.00 Å². The Morgan fingerprint density at radius 2 is 1.92 bits per heavy atom. The van der Waals surface area contributed by atoms with Crippen LogP contribution in [0.3, 0.4) is 0 Å². The summed E-state index contributed by atoms with van der Waals surface area (Å²) < 4.78 is 0. The molecule has 1 saturated carbocycles. The van der Waals surface area contributed by atoms with Gasteiger partial charge in [-0.05, 0) is 56.0 Å². The number of anilines is 1. The summed E-state index contributed by atoms with van der Waals surface area (Å²) in [6.07, 6.45) is 9.58. The van der Waals surface area contributed by atoms with Crippen LogP contribution in [-0.2, 0) is 17.6 Å². The number of primary amides is 1. The maximum Gasteiger partial charge on any atom is 0.251 e. The summed E-state index contributed by atoms with van der Waals surface area (Å²) in [5.41, 5.74) is 7.19. The normalized spacial score (nSPS) is 26.1. The number of likely N-dealkylation sites (tertiary alicyclic amines) is 1. The second-order valence-corrected chi connectivity index (χ2v) is 8.91. The van der Waals surface area contributed by atoms with Crippen LogP contribution in [0.25, 0.3) is 0 Å². The Morgan fingerprint density at radius 1 is 1.12 bits per heavy atom. The minimum absolute atomic E-state index is 0.0170. The minimum atomic E-state index is -0.419. The third-order valence-electron chi connectivity index (χ3n) is 6.16. The van der Waals surface area contributed by atoms with Crippen LogP contribution in [0.4, 0.5) is 5.00 Å². The highest BCUT2D eigenvalue weighted by atomic mass is 32.1. The lowest BCUT2D eigenvalue weighted by molar-refractivity contribution is -0.118. The molecule has 2 atom stereocenters. The average molecular weight is 362 g/mol. The number of carbonyl (C=O) groups excluding carboxylic acids is 2. The Kier molecular flexibility index (Phi) is 4.82. The van der Waals surface area contributed by atoms with Crippen molar-refractivity contribution in [1.82, 2.24) is 4.90 Å².